The lowest BCUT2D eigenvalue weighted by Crippen LogP contribution is -2.30. The number of anilines is 1. The minimum absolute atomic E-state index is 0.0288. The molecule has 1 aromatic carbocycles. The monoisotopic (exact) mass is 433 g/mol. The summed E-state index contributed by atoms with van der Waals surface area (Å²) in [6, 6.07) is 10.2. The number of aromatic nitrogens is 2. The highest BCUT2D eigenvalue weighted by molar-refractivity contribution is 5.91. The Kier molecular flexibility index (Phi) is 5.64. The molecule has 0 unspecified atom stereocenters. The molecule has 0 bridgehead atoms. The molecule has 31 heavy (non-hydrogen) atoms. The third-order valence-corrected chi connectivity index (χ3v) is 6.92. The molecule has 0 aliphatic heterocycles. The fourth-order valence-corrected chi connectivity index (χ4v) is 4.64. The van der Waals surface area contributed by atoms with Gasteiger partial charge in [0, 0.05) is 24.4 Å². The number of aryl methyl sites for hydroxylation is 1. The van der Waals surface area contributed by atoms with Crippen molar-refractivity contribution in [3.63, 3.8) is 0 Å². The van der Waals surface area contributed by atoms with E-state index in [1.54, 1.807) is 11.7 Å². The number of carbonyl (C=O) groups is 1. The third kappa shape index (κ3) is 4.11. The van der Waals surface area contributed by atoms with Crippen molar-refractivity contribution < 1.29 is 18.0 Å². The Morgan fingerprint density at radius 2 is 1.81 bits per heavy atom. The number of carbonyl (C=O) groups excluding carboxylic acids is 1. The lowest BCUT2D eigenvalue weighted by molar-refractivity contribution is -0.189. The van der Waals surface area contributed by atoms with Gasteiger partial charge in [-0.2, -0.15) is 18.3 Å². The number of nitrogens with one attached hydrogen (secondary N) is 1. The summed E-state index contributed by atoms with van der Waals surface area (Å²) in [7, 11) is 1.76. The van der Waals surface area contributed by atoms with Gasteiger partial charge < -0.3 is 5.32 Å². The molecular weight excluding hydrogens is 403 g/mol. The van der Waals surface area contributed by atoms with Gasteiger partial charge in [-0.05, 0) is 44.1 Å². The standard InChI is InChI=1S/C24H30F3N3O/c1-3-4-6-11-18-20(23(14-15-23)17-9-7-5-8-10-17)29-30(2)21(18)28-19(31)16-22(12-13-22)24(25,26)27/h5,7-10H,3-4,6,11-16H2,1-2H3,(H,28,31). The van der Waals surface area contributed by atoms with Crippen LogP contribution in [0.4, 0.5) is 19.0 Å². The Morgan fingerprint density at radius 1 is 1.13 bits per heavy atom. The number of alkyl halides is 3. The van der Waals surface area contributed by atoms with Crippen LogP contribution in [-0.4, -0.2) is 21.9 Å². The van der Waals surface area contributed by atoms with Gasteiger partial charge in [0.25, 0.3) is 0 Å². The summed E-state index contributed by atoms with van der Waals surface area (Å²) in [5.41, 5.74) is 1.14. The molecule has 4 nitrogen and oxygen atoms in total. The summed E-state index contributed by atoms with van der Waals surface area (Å²) in [6.45, 7) is 2.13. The van der Waals surface area contributed by atoms with Crippen molar-refractivity contribution in [1.29, 1.82) is 0 Å². The van der Waals surface area contributed by atoms with Crippen molar-refractivity contribution in [2.75, 3.05) is 5.32 Å². The van der Waals surface area contributed by atoms with Crippen LogP contribution < -0.4 is 5.32 Å². The fourth-order valence-electron chi connectivity index (χ4n) is 4.64. The molecule has 1 aromatic heterocycles. The fraction of sp³-hybridized carbons (Fsp3) is 0.583. The molecule has 2 aliphatic carbocycles. The van der Waals surface area contributed by atoms with Gasteiger partial charge >= 0.3 is 6.18 Å². The maximum Gasteiger partial charge on any atom is 0.395 e. The number of unbranched alkanes of at least 4 members (excludes halogenated alkanes) is 2. The van der Waals surface area contributed by atoms with E-state index in [1.807, 2.05) is 18.2 Å². The summed E-state index contributed by atoms with van der Waals surface area (Å²) in [4.78, 5) is 12.6. The van der Waals surface area contributed by atoms with Gasteiger partial charge in [-0.25, -0.2) is 0 Å². The van der Waals surface area contributed by atoms with Crippen LogP contribution in [0.5, 0.6) is 0 Å². The van der Waals surface area contributed by atoms with Crippen LogP contribution in [0.2, 0.25) is 0 Å². The highest BCUT2D eigenvalue weighted by Gasteiger charge is 2.63. The highest BCUT2D eigenvalue weighted by atomic mass is 19.4. The molecule has 2 fully saturated rings. The van der Waals surface area contributed by atoms with Crippen molar-refractivity contribution in [3.05, 3.63) is 47.2 Å². The Hall–Kier alpha value is -2.31. The van der Waals surface area contributed by atoms with Gasteiger partial charge in [-0.15, -0.1) is 0 Å². The zero-order valence-electron chi connectivity index (χ0n) is 18.2. The second-order valence-electron chi connectivity index (χ2n) is 9.21. The molecule has 7 heteroatoms. The molecule has 4 rings (SSSR count). The van der Waals surface area contributed by atoms with Crippen LogP contribution in [0.25, 0.3) is 0 Å². The minimum atomic E-state index is -4.34. The van der Waals surface area contributed by atoms with Crippen LogP contribution >= 0.6 is 0 Å². The van der Waals surface area contributed by atoms with Crippen LogP contribution in [0.3, 0.4) is 0 Å². The molecule has 1 heterocycles. The molecule has 2 aromatic rings. The molecule has 0 atom stereocenters. The number of nitrogens with zero attached hydrogens (tertiary/aromatic N) is 2. The molecule has 168 valence electrons. The first-order valence-corrected chi connectivity index (χ1v) is 11.2. The van der Waals surface area contributed by atoms with Crippen molar-refractivity contribution in [3.8, 4) is 0 Å². The van der Waals surface area contributed by atoms with E-state index < -0.39 is 23.9 Å². The first-order chi connectivity index (χ1) is 14.7. The topological polar surface area (TPSA) is 46.9 Å². The Morgan fingerprint density at radius 3 is 2.35 bits per heavy atom. The van der Waals surface area contributed by atoms with E-state index >= 15 is 0 Å². The molecule has 1 amide bonds. The number of benzene rings is 1. The normalized spacial score (nSPS) is 18.6. The van der Waals surface area contributed by atoms with E-state index in [-0.39, 0.29) is 18.3 Å². The van der Waals surface area contributed by atoms with E-state index in [1.165, 1.54) is 5.56 Å². The van der Waals surface area contributed by atoms with Crippen molar-refractivity contribution in [1.82, 2.24) is 9.78 Å². The van der Waals surface area contributed by atoms with Crippen LogP contribution in [0.15, 0.2) is 30.3 Å². The molecular formula is C24H30F3N3O. The van der Waals surface area contributed by atoms with Gasteiger partial charge in [-0.3, -0.25) is 9.48 Å². The second-order valence-corrected chi connectivity index (χ2v) is 9.21. The molecule has 0 spiro atoms. The van der Waals surface area contributed by atoms with Gasteiger partial charge in [0.15, 0.2) is 0 Å². The quantitative estimate of drug-likeness (QED) is 0.500. The lowest BCUT2D eigenvalue weighted by atomic mass is 9.88. The van der Waals surface area contributed by atoms with Crippen LogP contribution in [0, 0.1) is 5.41 Å². The maximum atomic E-state index is 13.3. The van der Waals surface area contributed by atoms with E-state index in [2.05, 4.69) is 24.4 Å². The van der Waals surface area contributed by atoms with Gasteiger partial charge in [0.2, 0.25) is 5.91 Å². The van der Waals surface area contributed by atoms with E-state index in [0.29, 0.717) is 5.82 Å². The predicted molar refractivity (Wildman–Crippen MR) is 114 cm³/mol. The Labute approximate surface area is 181 Å². The third-order valence-electron chi connectivity index (χ3n) is 6.92. The minimum Gasteiger partial charge on any atom is -0.311 e. The summed E-state index contributed by atoms with van der Waals surface area (Å²) >= 11 is 0. The summed E-state index contributed by atoms with van der Waals surface area (Å²) < 4.78 is 41.6. The van der Waals surface area contributed by atoms with Gasteiger partial charge in [0.05, 0.1) is 11.1 Å². The summed E-state index contributed by atoms with van der Waals surface area (Å²) in [5.74, 6) is -0.0260. The van der Waals surface area contributed by atoms with E-state index in [9.17, 15) is 18.0 Å². The van der Waals surface area contributed by atoms with E-state index in [4.69, 9.17) is 5.10 Å². The zero-order valence-corrected chi connectivity index (χ0v) is 18.2. The first-order valence-electron chi connectivity index (χ1n) is 11.2. The lowest BCUT2D eigenvalue weighted by Gasteiger charge is -2.19. The van der Waals surface area contributed by atoms with Crippen molar-refractivity contribution in [2.24, 2.45) is 12.5 Å². The smallest absolute Gasteiger partial charge is 0.311 e. The molecule has 1 N–H and O–H groups in total. The molecule has 2 saturated carbocycles. The van der Waals surface area contributed by atoms with Gasteiger partial charge in [-0.1, -0.05) is 50.1 Å². The number of hydrogen-bond donors (Lipinski definition) is 1. The zero-order chi connectivity index (χ0) is 22.3. The average Bonchev–Trinajstić information content (AvgIpc) is 3.64. The molecule has 2 aliphatic rings. The van der Waals surface area contributed by atoms with Crippen molar-refractivity contribution >= 4 is 11.7 Å². The SMILES string of the molecule is CCCCCc1c(C2(c3ccccc3)CC2)nn(C)c1NC(=O)CC1(C(F)(F)F)CC1. The summed E-state index contributed by atoms with van der Waals surface area (Å²) in [6.07, 6.45) is 1.00. The largest absolute Gasteiger partial charge is 0.395 e. The number of amides is 1. The number of rotatable bonds is 9. The molecule has 0 radical (unpaired) electrons. The Balaban J connectivity index is 1.63. The number of halogens is 3. The van der Waals surface area contributed by atoms with Crippen LogP contribution in [0.1, 0.15) is 75.1 Å². The first kappa shape index (κ1) is 21.9. The average molecular weight is 434 g/mol. The highest BCUT2D eigenvalue weighted by Crippen LogP contribution is 2.60. The maximum absolute atomic E-state index is 13.3. The van der Waals surface area contributed by atoms with Gasteiger partial charge in [0.1, 0.15) is 5.82 Å². The molecule has 0 saturated heterocycles. The Bertz CT molecular complexity index is 941. The summed E-state index contributed by atoms with van der Waals surface area (Å²) in [5, 5.41) is 7.60. The number of hydrogen-bond acceptors (Lipinski definition) is 2. The van der Waals surface area contributed by atoms with E-state index in [0.717, 1.165) is 49.8 Å². The predicted octanol–water partition coefficient (Wildman–Crippen LogP) is 5.90. The van der Waals surface area contributed by atoms with Crippen molar-refractivity contribution in [2.45, 2.75) is 76.3 Å². The van der Waals surface area contributed by atoms with Crippen LogP contribution in [-0.2, 0) is 23.7 Å². The second kappa shape index (κ2) is 7.99.